The Hall–Kier alpha value is -1.50. The fourth-order valence-electron chi connectivity index (χ4n) is 3.11. The lowest BCUT2D eigenvalue weighted by Gasteiger charge is -2.38. The number of halogens is 2. The summed E-state index contributed by atoms with van der Waals surface area (Å²) < 4.78 is 15.4. The number of aliphatic hydroxyl groups is 1. The first kappa shape index (κ1) is 17.3. The van der Waals surface area contributed by atoms with Gasteiger partial charge in [-0.05, 0) is 50.9 Å². The molecule has 1 fully saturated rings. The zero-order chi connectivity index (χ0) is 17.3. The first-order valence-corrected chi connectivity index (χ1v) is 8.56. The van der Waals surface area contributed by atoms with Crippen LogP contribution >= 0.6 is 11.6 Å². The van der Waals surface area contributed by atoms with E-state index in [0.29, 0.717) is 25.2 Å². The first-order chi connectivity index (χ1) is 11.4. The zero-order valence-corrected chi connectivity index (χ0v) is 14.7. The molecule has 1 aliphatic heterocycles. The molecule has 24 heavy (non-hydrogen) atoms. The summed E-state index contributed by atoms with van der Waals surface area (Å²) in [7, 11) is 0. The Labute approximate surface area is 146 Å². The number of aromatic nitrogens is 3. The molecule has 1 unspecified atom stereocenters. The maximum Gasteiger partial charge on any atom is 0.142 e. The molecule has 1 aliphatic rings. The van der Waals surface area contributed by atoms with Crippen molar-refractivity contribution < 1.29 is 9.50 Å². The third-order valence-corrected chi connectivity index (χ3v) is 4.76. The summed E-state index contributed by atoms with van der Waals surface area (Å²) >= 11 is 5.73. The number of hydrogen-bond acceptors (Lipinski definition) is 4. The van der Waals surface area contributed by atoms with Gasteiger partial charge < -0.3 is 5.11 Å². The summed E-state index contributed by atoms with van der Waals surface area (Å²) in [5, 5.41) is 19.4. The van der Waals surface area contributed by atoms with Gasteiger partial charge in [0.05, 0.1) is 11.2 Å². The monoisotopic (exact) mass is 352 g/mol. The molecule has 1 atom stereocenters. The largest absolute Gasteiger partial charge is 0.382 e. The second kappa shape index (κ2) is 6.78. The summed E-state index contributed by atoms with van der Waals surface area (Å²) in [5.74, 6) is -0.415. The molecule has 1 saturated heterocycles. The van der Waals surface area contributed by atoms with Gasteiger partial charge in [-0.3, -0.25) is 4.90 Å². The van der Waals surface area contributed by atoms with Crippen molar-refractivity contribution in [1.82, 2.24) is 19.9 Å². The average Bonchev–Trinajstić information content (AvgIpc) is 3.02. The minimum Gasteiger partial charge on any atom is -0.382 e. The number of benzene rings is 1. The molecule has 1 aromatic carbocycles. The van der Waals surface area contributed by atoms with Crippen molar-refractivity contribution in [3.8, 4) is 0 Å². The molecule has 2 heterocycles. The van der Waals surface area contributed by atoms with E-state index in [4.69, 9.17) is 11.6 Å². The van der Waals surface area contributed by atoms with Gasteiger partial charge >= 0.3 is 0 Å². The number of piperidine rings is 1. The van der Waals surface area contributed by atoms with Crippen LogP contribution in [0.15, 0.2) is 24.4 Å². The van der Waals surface area contributed by atoms with E-state index >= 15 is 0 Å². The third kappa shape index (κ3) is 3.61. The Morgan fingerprint density at radius 2 is 2.21 bits per heavy atom. The van der Waals surface area contributed by atoms with Gasteiger partial charge in [0.2, 0.25) is 0 Å². The minimum absolute atomic E-state index is 0.124. The second-order valence-electron chi connectivity index (χ2n) is 6.77. The van der Waals surface area contributed by atoms with Crippen LogP contribution in [-0.2, 0) is 12.1 Å². The van der Waals surface area contributed by atoms with E-state index in [1.807, 2.05) is 26.1 Å². The zero-order valence-electron chi connectivity index (χ0n) is 13.9. The van der Waals surface area contributed by atoms with Crippen LogP contribution in [0.5, 0.6) is 0 Å². The van der Waals surface area contributed by atoms with Gasteiger partial charge in [0, 0.05) is 19.1 Å². The number of rotatable bonds is 4. The van der Waals surface area contributed by atoms with Crippen molar-refractivity contribution in [1.29, 1.82) is 0 Å². The van der Waals surface area contributed by atoms with E-state index in [1.165, 1.54) is 6.07 Å². The van der Waals surface area contributed by atoms with Crippen molar-refractivity contribution in [2.75, 3.05) is 13.1 Å². The van der Waals surface area contributed by atoms with Crippen molar-refractivity contribution >= 4 is 11.6 Å². The number of nitrogens with zero attached hydrogens (tertiary/aromatic N) is 4. The van der Waals surface area contributed by atoms with Crippen LogP contribution in [-0.4, -0.2) is 38.1 Å². The molecule has 0 aliphatic carbocycles. The molecule has 0 radical (unpaired) electrons. The molecule has 2 aromatic rings. The highest BCUT2D eigenvalue weighted by molar-refractivity contribution is 6.30. The fourth-order valence-corrected chi connectivity index (χ4v) is 3.22. The van der Waals surface area contributed by atoms with Gasteiger partial charge in [0.15, 0.2) is 0 Å². The van der Waals surface area contributed by atoms with Crippen molar-refractivity contribution in [3.63, 3.8) is 0 Å². The third-order valence-electron chi connectivity index (χ3n) is 4.46. The molecule has 0 amide bonds. The SMILES string of the molecule is CC(C)n1cc(C2(O)CCCN(Cc3ccc(Cl)c(F)c3)C2)nn1. The Morgan fingerprint density at radius 1 is 1.42 bits per heavy atom. The molecular formula is C17H22ClFN4O. The van der Waals surface area contributed by atoms with E-state index in [9.17, 15) is 9.50 Å². The summed E-state index contributed by atoms with van der Waals surface area (Å²) in [4.78, 5) is 2.11. The van der Waals surface area contributed by atoms with Crippen LogP contribution in [0.2, 0.25) is 5.02 Å². The number of β-amino-alcohol motifs (C(OH)–C–C–N with tert-alkyl or cyclic N) is 1. The van der Waals surface area contributed by atoms with E-state index in [2.05, 4.69) is 15.2 Å². The lowest BCUT2D eigenvalue weighted by Crippen LogP contribution is -2.45. The predicted octanol–water partition coefficient (Wildman–Crippen LogP) is 3.14. The van der Waals surface area contributed by atoms with Gasteiger partial charge in [0.25, 0.3) is 0 Å². The van der Waals surface area contributed by atoms with Crippen molar-refractivity contribution in [2.24, 2.45) is 0 Å². The van der Waals surface area contributed by atoms with Crippen LogP contribution in [0.4, 0.5) is 4.39 Å². The van der Waals surface area contributed by atoms with Crippen molar-refractivity contribution in [3.05, 3.63) is 46.5 Å². The fraction of sp³-hybridized carbons (Fsp3) is 0.529. The molecular weight excluding hydrogens is 331 g/mol. The standard InChI is InChI=1S/C17H22ClFN4O/c1-12(2)23-10-16(20-21-23)17(24)6-3-7-22(11-17)9-13-4-5-14(18)15(19)8-13/h4-5,8,10,12,24H,3,6-7,9,11H2,1-2H3. The van der Waals surface area contributed by atoms with E-state index < -0.39 is 11.4 Å². The normalized spacial score (nSPS) is 22.2. The average molecular weight is 353 g/mol. The maximum atomic E-state index is 13.6. The van der Waals surface area contributed by atoms with E-state index in [1.54, 1.807) is 10.7 Å². The van der Waals surface area contributed by atoms with Crippen molar-refractivity contribution in [2.45, 2.75) is 44.9 Å². The Balaban J connectivity index is 1.73. The van der Waals surface area contributed by atoms with E-state index in [-0.39, 0.29) is 11.1 Å². The molecule has 1 aromatic heterocycles. The molecule has 7 heteroatoms. The second-order valence-corrected chi connectivity index (χ2v) is 7.18. The Kier molecular flexibility index (Phi) is 4.90. The summed E-state index contributed by atoms with van der Waals surface area (Å²) in [5.41, 5.74) is 0.422. The van der Waals surface area contributed by atoms with Crippen LogP contribution < -0.4 is 0 Å². The van der Waals surface area contributed by atoms with Gasteiger partial charge in [-0.15, -0.1) is 5.10 Å². The topological polar surface area (TPSA) is 54.2 Å². The molecule has 0 saturated carbocycles. The molecule has 3 rings (SSSR count). The maximum absolute atomic E-state index is 13.6. The summed E-state index contributed by atoms with van der Waals surface area (Å²) in [6.07, 6.45) is 3.31. The van der Waals surface area contributed by atoms with Gasteiger partial charge in [0.1, 0.15) is 17.1 Å². The predicted molar refractivity (Wildman–Crippen MR) is 90.2 cm³/mol. The Morgan fingerprint density at radius 3 is 2.88 bits per heavy atom. The van der Waals surface area contributed by atoms with Crippen LogP contribution in [0.1, 0.15) is 44.0 Å². The Bertz CT molecular complexity index is 720. The van der Waals surface area contributed by atoms with Crippen LogP contribution in [0.25, 0.3) is 0 Å². The smallest absolute Gasteiger partial charge is 0.142 e. The van der Waals surface area contributed by atoms with E-state index in [0.717, 1.165) is 18.5 Å². The molecule has 1 N–H and O–H groups in total. The number of hydrogen-bond donors (Lipinski definition) is 1. The van der Waals surface area contributed by atoms with Gasteiger partial charge in [-0.1, -0.05) is 22.9 Å². The summed E-state index contributed by atoms with van der Waals surface area (Å²) in [6.45, 7) is 5.91. The number of likely N-dealkylation sites (tertiary alicyclic amines) is 1. The molecule has 0 bridgehead atoms. The molecule has 130 valence electrons. The highest BCUT2D eigenvalue weighted by atomic mass is 35.5. The van der Waals surface area contributed by atoms with Crippen LogP contribution in [0, 0.1) is 5.82 Å². The van der Waals surface area contributed by atoms with Crippen LogP contribution in [0.3, 0.4) is 0 Å². The highest BCUT2D eigenvalue weighted by Gasteiger charge is 2.37. The van der Waals surface area contributed by atoms with Gasteiger partial charge in [-0.25, -0.2) is 9.07 Å². The quantitative estimate of drug-likeness (QED) is 0.918. The summed E-state index contributed by atoms with van der Waals surface area (Å²) in [6, 6.07) is 5.03. The highest BCUT2D eigenvalue weighted by Crippen LogP contribution is 2.31. The first-order valence-electron chi connectivity index (χ1n) is 8.18. The van der Waals surface area contributed by atoms with Gasteiger partial charge in [-0.2, -0.15) is 0 Å². The minimum atomic E-state index is -1.02. The lowest BCUT2D eigenvalue weighted by atomic mass is 9.89. The lowest BCUT2D eigenvalue weighted by molar-refractivity contribution is -0.0414. The molecule has 5 nitrogen and oxygen atoms in total. The molecule has 0 spiro atoms.